The zero-order valence-electron chi connectivity index (χ0n) is 9.55. The molecule has 1 saturated heterocycles. The number of carboxylic acids is 1. The van der Waals surface area contributed by atoms with Gasteiger partial charge in [0.05, 0.1) is 11.8 Å². The lowest BCUT2D eigenvalue weighted by molar-refractivity contribution is -0.142. The number of amides is 1. The summed E-state index contributed by atoms with van der Waals surface area (Å²) in [5.41, 5.74) is 0. The van der Waals surface area contributed by atoms with Crippen molar-refractivity contribution in [3.05, 3.63) is 0 Å². The summed E-state index contributed by atoms with van der Waals surface area (Å²) in [6.45, 7) is 5.75. The smallest absolute Gasteiger partial charge is 0.307 e. The molecule has 5 heteroatoms. The Bertz CT molecular complexity index is 310. The van der Waals surface area contributed by atoms with Crippen molar-refractivity contribution in [1.82, 2.24) is 4.90 Å². The van der Waals surface area contributed by atoms with Gasteiger partial charge in [-0.05, 0) is 6.42 Å². The largest absolute Gasteiger partial charge is 0.481 e. The Balaban J connectivity index is 1.93. The summed E-state index contributed by atoms with van der Waals surface area (Å²) in [4.78, 5) is 24.6. The van der Waals surface area contributed by atoms with Crippen LogP contribution >= 0.6 is 11.8 Å². The lowest BCUT2D eigenvalue weighted by atomic mass is 10.2. The van der Waals surface area contributed by atoms with E-state index in [2.05, 4.69) is 13.8 Å². The van der Waals surface area contributed by atoms with E-state index in [1.807, 2.05) is 16.7 Å². The van der Waals surface area contributed by atoms with Crippen LogP contribution in [0.1, 0.15) is 20.3 Å². The van der Waals surface area contributed by atoms with Crippen molar-refractivity contribution in [2.75, 3.05) is 13.1 Å². The maximum Gasteiger partial charge on any atom is 0.307 e. The SMILES string of the molecule is CC1CN(C(=O)[C@@H]2C[C@@H]2C(=O)O)CC(C)S1. The van der Waals surface area contributed by atoms with Gasteiger partial charge in [0, 0.05) is 23.6 Å². The van der Waals surface area contributed by atoms with Crippen molar-refractivity contribution in [2.45, 2.75) is 30.8 Å². The Morgan fingerprint density at radius 3 is 2.19 bits per heavy atom. The van der Waals surface area contributed by atoms with Crippen LogP contribution in [0.3, 0.4) is 0 Å². The molecule has 16 heavy (non-hydrogen) atoms. The number of carbonyl (C=O) groups excluding carboxylic acids is 1. The fourth-order valence-electron chi connectivity index (χ4n) is 2.33. The maximum absolute atomic E-state index is 12.0. The molecule has 1 aliphatic carbocycles. The van der Waals surface area contributed by atoms with E-state index in [-0.39, 0.29) is 11.8 Å². The van der Waals surface area contributed by atoms with Gasteiger partial charge in [-0.3, -0.25) is 9.59 Å². The highest BCUT2D eigenvalue weighted by Crippen LogP contribution is 2.41. The Labute approximate surface area is 99.4 Å². The molecule has 0 aromatic carbocycles. The molecular weight excluding hydrogens is 226 g/mol. The fourth-order valence-corrected chi connectivity index (χ4v) is 3.66. The topological polar surface area (TPSA) is 57.6 Å². The molecule has 1 saturated carbocycles. The van der Waals surface area contributed by atoms with Gasteiger partial charge in [0.15, 0.2) is 0 Å². The van der Waals surface area contributed by atoms with Crippen molar-refractivity contribution in [1.29, 1.82) is 0 Å². The van der Waals surface area contributed by atoms with Gasteiger partial charge in [0.25, 0.3) is 0 Å². The second-order valence-electron chi connectivity index (χ2n) is 4.79. The van der Waals surface area contributed by atoms with E-state index in [9.17, 15) is 9.59 Å². The first kappa shape index (κ1) is 11.8. The minimum atomic E-state index is -0.828. The standard InChI is InChI=1S/C11H17NO3S/c1-6-4-12(5-7(2)16-6)10(13)8-3-9(8)11(14)15/h6-9H,3-5H2,1-2H3,(H,14,15)/t6?,7?,8-,9+/m1/s1. The Morgan fingerprint density at radius 1 is 1.19 bits per heavy atom. The number of rotatable bonds is 2. The van der Waals surface area contributed by atoms with Gasteiger partial charge in [0.1, 0.15) is 0 Å². The molecule has 2 fully saturated rings. The number of nitrogens with zero attached hydrogens (tertiary/aromatic N) is 1. The average Bonchev–Trinajstić information content (AvgIpc) is 2.94. The van der Waals surface area contributed by atoms with E-state index in [4.69, 9.17) is 5.11 Å². The van der Waals surface area contributed by atoms with E-state index in [0.717, 1.165) is 13.1 Å². The van der Waals surface area contributed by atoms with E-state index < -0.39 is 11.9 Å². The molecule has 0 bridgehead atoms. The normalized spacial score (nSPS) is 38.2. The fraction of sp³-hybridized carbons (Fsp3) is 0.818. The average molecular weight is 243 g/mol. The number of carboxylic acid groups (broad SMARTS) is 1. The van der Waals surface area contributed by atoms with Crippen LogP contribution in [0.4, 0.5) is 0 Å². The first-order valence-electron chi connectivity index (χ1n) is 5.66. The lowest BCUT2D eigenvalue weighted by Gasteiger charge is -2.34. The minimum Gasteiger partial charge on any atom is -0.481 e. The molecule has 1 heterocycles. The molecule has 0 radical (unpaired) electrons. The molecule has 0 aromatic heterocycles. The van der Waals surface area contributed by atoms with Gasteiger partial charge >= 0.3 is 5.97 Å². The molecule has 0 aromatic rings. The molecule has 1 amide bonds. The highest BCUT2D eigenvalue weighted by molar-refractivity contribution is 8.00. The van der Waals surface area contributed by atoms with E-state index in [1.54, 1.807) is 0 Å². The minimum absolute atomic E-state index is 0.0476. The van der Waals surface area contributed by atoms with Crippen molar-refractivity contribution in [2.24, 2.45) is 11.8 Å². The lowest BCUT2D eigenvalue weighted by Crippen LogP contribution is -2.45. The molecule has 0 spiro atoms. The summed E-state index contributed by atoms with van der Waals surface area (Å²) < 4.78 is 0. The van der Waals surface area contributed by atoms with Gasteiger partial charge in [-0.2, -0.15) is 11.8 Å². The number of thioether (sulfide) groups is 1. The van der Waals surface area contributed by atoms with Crippen LogP contribution < -0.4 is 0 Å². The van der Waals surface area contributed by atoms with Crippen LogP contribution in [0.25, 0.3) is 0 Å². The Morgan fingerprint density at radius 2 is 1.75 bits per heavy atom. The van der Waals surface area contributed by atoms with E-state index >= 15 is 0 Å². The number of hydrogen-bond acceptors (Lipinski definition) is 3. The summed E-state index contributed by atoms with van der Waals surface area (Å²) in [6.07, 6.45) is 0.528. The van der Waals surface area contributed by atoms with Gasteiger partial charge in [-0.25, -0.2) is 0 Å². The Kier molecular flexibility index (Phi) is 3.15. The predicted molar refractivity (Wildman–Crippen MR) is 62.3 cm³/mol. The number of aliphatic carboxylic acids is 1. The predicted octanol–water partition coefficient (Wildman–Crippen LogP) is 1.06. The third-order valence-electron chi connectivity index (χ3n) is 3.16. The molecule has 4 nitrogen and oxygen atoms in total. The quantitative estimate of drug-likeness (QED) is 0.788. The van der Waals surface area contributed by atoms with Crippen LogP contribution in [-0.4, -0.2) is 45.5 Å². The first-order chi connectivity index (χ1) is 7.49. The van der Waals surface area contributed by atoms with Gasteiger partial charge in [-0.1, -0.05) is 13.8 Å². The summed E-state index contributed by atoms with van der Waals surface area (Å²) in [5, 5.41) is 9.71. The summed E-state index contributed by atoms with van der Waals surface area (Å²) in [7, 11) is 0. The van der Waals surface area contributed by atoms with E-state index in [0.29, 0.717) is 16.9 Å². The third-order valence-corrected chi connectivity index (χ3v) is 4.38. The molecule has 1 aliphatic heterocycles. The Hall–Kier alpha value is -0.710. The molecule has 2 aliphatic rings. The number of carbonyl (C=O) groups is 2. The van der Waals surface area contributed by atoms with Crippen LogP contribution in [0.15, 0.2) is 0 Å². The molecular formula is C11H17NO3S. The highest BCUT2D eigenvalue weighted by atomic mass is 32.2. The van der Waals surface area contributed by atoms with Crippen LogP contribution in [0, 0.1) is 11.8 Å². The summed E-state index contributed by atoms with van der Waals surface area (Å²) in [5.74, 6) is -1.45. The second-order valence-corrected chi connectivity index (χ2v) is 6.67. The molecule has 2 rings (SSSR count). The van der Waals surface area contributed by atoms with Gasteiger partial charge < -0.3 is 10.0 Å². The van der Waals surface area contributed by atoms with Crippen molar-refractivity contribution in [3.63, 3.8) is 0 Å². The molecule has 4 atom stereocenters. The molecule has 1 N–H and O–H groups in total. The molecule has 90 valence electrons. The maximum atomic E-state index is 12.0. The first-order valence-corrected chi connectivity index (χ1v) is 6.60. The van der Waals surface area contributed by atoms with Crippen molar-refractivity contribution < 1.29 is 14.7 Å². The van der Waals surface area contributed by atoms with Crippen LogP contribution in [0.2, 0.25) is 0 Å². The third kappa shape index (κ3) is 2.34. The highest BCUT2D eigenvalue weighted by Gasteiger charge is 2.50. The van der Waals surface area contributed by atoms with Crippen molar-refractivity contribution >= 4 is 23.6 Å². The zero-order chi connectivity index (χ0) is 11.9. The number of hydrogen-bond donors (Lipinski definition) is 1. The monoisotopic (exact) mass is 243 g/mol. The van der Waals surface area contributed by atoms with Gasteiger partial charge in [0.2, 0.25) is 5.91 Å². The van der Waals surface area contributed by atoms with E-state index in [1.165, 1.54) is 0 Å². The second kappa shape index (κ2) is 4.28. The van der Waals surface area contributed by atoms with Crippen molar-refractivity contribution in [3.8, 4) is 0 Å². The van der Waals surface area contributed by atoms with Crippen LogP contribution in [-0.2, 0) is 9.59 Å². The summed E-state index contributed by atoms with van der Waals surface area (Å²) in [6, 6.07) is 0. The van der Waals surface area contributed by atoms with Crippen LogP contribution in [0.5, 0.6) is 0 Å². The van der Waals surface area contributed by atoms with Gasteiger partial charge in [-0.15, -0.1) is 0 Å². The summed E-state index contributed by atoms with van der Waals surface area (Å²) >= 11 is 1.89. The molecule has 2 unspecified atom stereocenters. The zero-order valence-corrected chi connectivity index (χ0v) is 10.4.